The van der Waals surface area contributed by atoms with Crippen molar-refractivity contribution in [3.05, 3.63) is 54.1 Å². The monoisotopic (exact) mass is 341 g/mol. The number of hydrogen-bond acceptors (Lipinski definition) is 4. The summed E-state index contributed by atoms with van der Waals surface area (Å²) in [6.07, 6.45) is -0.0838. The van der Waals surface area contributed by atoms with Gasteiger partial charge in [0.05, 0.1) is 13.1 Å². The van der Waals surface area contributed by atoms with Crippen molar-refractivity contribution in [3.8, 4) is 17.2 Å². The molecule has 6 heteroatoms. The van der Waals surface area contributed by atoms with E-state index >= 15 is 0 Å². The van der Waals surface area contributed by atoms with Gasteiger partial charge in [-0.15, -0.1) is 0 Å². The minimum absolute atomic E-state index is 0.0838. The van der Waals surface area contributed by atoms with Crippen LogP contribution in [0.25, 0.3) is 0 Å². The number of nitrogens with zero attached hydrogens (tertiary/aromatic N) is 1. The molecule has 0 amide bonds. The molecule has 1 heterocycles. The van der Waals surface area contributed by atoms with Gasteiger partial charge in [-0.05, 0) is 36.8 Å². The molecule has 3 rings (SSSR count). The molecule has 0 fully saturated rings. The summed E-state index contributed by atoms with van der Waals surface area (Å²) in [6, 6.07) is 14.8. The maximum Gasteiger partial charge on any atom is 0.191 e. The Hall–Kier alpha value is -2.89. The van der Waals surface area contributed by atoms with Gasteiger partial charge in [-0.3, -0.25) is 0 Å². The molecule has 0 aromatic heterocycles. The van der Waals surface area contributed by atoms with Crippen LogP contribution in [0.1, 0.15) is 12.5 Å². The number of benzene rings is 2. The Morgan fingerprint density at radius 1 is 1.16 bits per heavy atom. The molecule has 0 radical (unpaired) electrons. The van der Waals surface area contributed by atoms with Crippen molar-refractivity contribution in [2.24, 2.45) is 4.99 Å². The lowest BCUT2D eigenvalue weighted by Crippen LogP contribution is -2.45. The van der Waals surface area contributed by atoms with Crippen LogP contribution in [0, 0.1) is 0 Å². The largest absolute Gasteiger partial charge is 0.508 e. The van der Waals surface area contributed by atoms with Gasteiger partial charge in [0.1, 0.15) is 18.5 Å². The van der Waals surface area contributed by atoms with E-state index < -0.39 is 0 Å². The number of fused-ring (bicyclic) bond motifs is 1. The number of aliphatic imine (C=N–C) groups is 1. The molecule has 132 valence electrons. The van der Waals surface area contributed by atoms with Gasteiger partial charge in [-0.1, -0.05) is 24.3 Å². The van der Waals surface area contributed by atoms with E-state index in [1.165, 1.54) is 0 Å². The van der Waals surface area contributed by atoms with E-state index in [0.29, 0.717) is 25.7 Å². The average molecular weight is 341 g/mol. The van der Waals surface area contributed by atoms with Gasteiger partial charge >= 0.3 is 0 Å². The fraction of sp³-hybridized carbons (Fsp3) is 0.316. The Labute approximate surface area is 147 Å². The first-order valence-electron chi connectivity index (χ1n) is 8.43. The number of aromatic hydroxyl groups is 1. The van der Waals surface area contributed by atoms with Crippen molar-refractivity contribution in [1.29, 1.82) is 0 Å². The molecule has 0 spiro atoms. The summed E-state index contributed by atoms with van der Waals surface area (Å²) in [5.74, 6) is 2.50. The minimum atomic E-state index is -0.0838. The van der Waals surface area contributed by atoms with Crippen LogP contribution in [-0.2, 0) is 6.54 Å². The third-order valence-electron chi connectivity index (χ3n) is 3.74. The molecule has 6 nitrogen and oxygen atoms in total. The number of nitrogens with one attached hydrogen (secondary N) is 2. The Balaban J connectivity index is 1.56. The van der Waals surface area contributed by atoms with E-state index in [4.69, 9.17) is 9.47 Å². The van der Waals surface area contributed by atoms with Crippen LogP contribution >= 0.6 is 0 Å². The molecule has 2 aromatic rings. The molecule has 3 N–H and O–H groups in total. The summed E-state index contributed by atoms with van der Waals surface area (Å²) in [5.41, 5.74) is 0.948. The number of phenols is 1. The maximum absolute atomic E-state index is 9.53. The predicted octanol–water partition coefficient (Wildman–Crippen LogP) is 2.29. The molecular weight excluding hydrogens is 318 g/mol. The Bertz CT molecular complexity index is 733. The number of ether oxygens (including phenoxy) is 2. The van der Waals surface area contributed by atoms with E-state index in [9.17, 15) is 5.11 Å². The van der Waals surface area contributed by atoms with E-state index in [-0.39, 0.29) is 11.9 Å². The molecule has 0 bridgehead atoms. The molecule has 0 saturated heterocycles. The second-order valence-electron chi connectivity index (χ2n) is 5.74. The minimum Gasteiger partial charge on any atom is -0.508 e. The summed E-state index contributed by atoms with van der Waals surface area (Å²) >= 11 is 0. The van der Waals surface area contributed by atoms with Gasteiger partial charge in [0.25, 0.3) is 0 Å². The molecule has 1 atom stereocenters. The highest BCUT2D eigenvalue weighted by molar-refractivity contribution is 5.79. The Morgan fingerprint density at radius 3 is 2.80 bits per heavy atom. The van der Waals surface area contributed by atoms with Gasteiger partial charge in [0.15, 0.2) is 17.5 Å². The summed E-state index contributed by atoms with van der Waals surface area (Å²) in [4.78, 5) is 4.54. The van der Waals surface area contributed by atoms with Gasteiger partial charge in [0, 0.05) is 6.54 Å². The van der Waals surface area contributed by atoms with Crippen molar-refractivity contribution < 1.29 is 14.6 Å². The summed E-state index contributed by atoms with van der Waals surface area (Å²) < 4.78 is 11.7. The zero-order valence-corrected chi connectivity index (χ0v) is 14.2. The molecule has 0 aliphatic carbocycles. The van der Waals surface area contributed by atoms with Crippen LogP contribution in [0.15, 0.2) is 53.5 Å². The number of para-hydroxylation sites is 2. The molecule has 1 aliphatic rings. The molecule has 0 saturated carbocycles. The fourth-order valence-corrected chi connectivity index (χ4v) is 2.54. The quantitative estimate of drug-likeness (QED) is 0.575. The van der Waals surface area contributed by atoms with Crippen molar-refractivity contribution in [3.63, 3.8) is 0 Å². The van der Waals surface area contributed by atoms with Crippen molar-refractivity contribution in [2.75, 3.05) is 19.7 Å². The smallest absolute Gasteiger partial charge is 0.191 e. The van der Waals surface area contributed by atoms with Crippen LogP contribution in [0.4, 0.5) is 0 Å². The molecule has 1 aliphatic heterocycles. The maximum atomic E-state index is 9.53. The van der Waals surface area contributed by atoms with Gasteiger partial charge in [-0.2, -0.15) is 0 Å². The lowest BCUT2D eigenvalue weighted by molar-refractivity contribution is 0.0936. The van der Waals surface area contributed by atoms with Crippen LogP contribution < -0.4 is 20.1 Å². The highest BCUT2D eigenvalue weighted by Crippen LogP contribution is 2.30. The molecule has 2 aromatic carbocycles. The van der Waals surface area contributed by atoms with Crippen LogP contribution in [-0.4, -0.2) is 36.9 Å². The Kier molecular flexibility index (Phi) is 5.61. The number of hydrogen-bond donors (Lipinski definition) is 3. The molecule has 1 unspecified atom stereocenters. The summed E-state index contributed by atoms with van der Waals surface area (Å²) in [6.45, 7) is 4.34. The first-order valence-corrected chi connectivity index (χ1v) is 8.43. The van der Waals surface area contributed by atoms with E-state index in [0.717, 1.165) is 23.6 Å². The number of rotatable bonds is 5. The van der Waals surface area contributed by atoms with Crippen LogP contribution in [0.3, 0.4) is 0 Å². The number of phenolic OH excluding ortho intramolecular Hbond substituents is 1. The van der Waals surface area contributed by atoms with E-state index in [2.05, 4.69) is 15.6 Å². The van der Waals surface area contributed by atoms with Crippen molar-refractivity contribution in [2.45, 2.75) is 19.6 Å². The van der Waals surface area contributed by atoms with Gasteiger partial charge in [0.2, 0.25) is 0 Å². The first kappa shape index (κ1) is 17.0. The predicted molar refractivity (Wildman–Crippen MR) is 97.3 cm³/mol. The lowest BCUT2D eigenvalue weighted by Gasteiger charge is -2.27. The standard InChI is InChI=1S/C19H23N3O3/c1-2-20-19(21-11-14-6-5-7-15(23)10-14)22-12-16-13-24-17-8-3-4-9-18(17)25-16/h3-10,16,23H,2,11-13H2,1H3,(H2,20,21,22). The van der Waals surface area contributed by atoms with Crippen LogP contribution in [0.5, 0.6) is 17.2 Å². The number of guanidine groups is 1. The van der Waals surface area contributed by atoms with E-state index in [1.807, 2.05) is 43.3 Å². The zero-order chi connectivity index (χ0) is 17.5. The van der Waals surface area contributed by atoms with Gasteiger partial charge in [-0.25, -0.2) is 4.99 Å². The Morgan fingerprint density at radius 2 is 2.00 bits per heavy atom. The third kappa shape index (κ3) is 4.79. The summed E-state index contributed by atoms with van der Waals surface area (Å²) in [5, 5.41) is 16.0. The normalized spacial score (nSPS) is 16.4. The topological polar surface area (TPSA) is 75.1 Å². The lowest BCUT2D eigenvalue weighted by atomic mass is 10.2. The average Bonchev–Trinajstić information content (AvgIpc) is 2.64. The SMILES string of the molecule is CCNC(=NCc1cccc(O)c1)NCC1COc2ccccc2O1. The van der Waals surface area contributed by atoms with Crippen LogP contribution in [0.2, 0.25) is 0 Å². The fourth-order valence-electron chi connectivity index (χ4n) is 2.54. The third-order valence-corrected chi connectivity index (χ3v) is 3.74. The highest BCUT2D eigenvalue weighted by atomic mass is 16.6. The van der Waals surface area contributed by atoms with Crippen molar-refractivity contribution >= 4 is 5.96 Å². The first-order chi connectivity index (χ1) is 12.2. The second kappa shape index (κ2) is 8.28. The molecular formula is C19H23N3O3. The van der Waals surface area contributed by atoms with Gasteiger partial charge < -0.3 is 25.2 Å². The summed E-state index contributed by atoms with van der Waals surface area (Å²) in [7, 11) is 0. The van der Waals surface area contributed by atoms with E-state index in [1.54, 1.807) is 12.1 Å². The second-order valence-corrected chi connectivity index (χ2v) is 5.74. The van der Waals surface area contributed by atoms with Crippen molar-refractivity contribution in [1.82, 2.24) is 10.6 Å². The highest BCUT2D eigenvalue weighted by Gasteiger charge is 2.20. The zero-order valence-electron chi connectivity index (χ0n) is 14.2. The molecule has 25 heavy (non-hydrogen) atoms.